The van der Waals surface area contributed by atoms with E-state index in [0.717, 1.165) is 28.3 Å². The predicted molar refractivity (Wildman–Crippen MR) is 126 cm³/mol. The molecule has 1 atom stereocenters. The molecule has 0 amide bonds. The van der Waals surface area contributed by atoms with Crippen LogP contribution in [0, 0.1) is 18.3 Å². The number of rotatable bonds is 7. The van der Waals surface area contributed by atoms with Gasteiger partial charge < -0.3 is 20.8 Å². The molecule has 3 aromatic rings. The number of nitriles is 1. The number of hydrogen-bond acceptors (Lipinski definition) is 8. The average Bonchev–Trinajstić information content (AvgIpc) is 3.31. The zero-order chi connectivity index (χ0) is 23.8. The summed E-state index contributed by atoms with van der Waals surface area (Å²) in [5.74, 6) is 1.14. The van der Waals surface area contributed by atoms with Crippen LogP contribution in [0.5, 0.6) is 0 Å². The molecule has 0 fully saturated rings. The smallest absolute Gasteiger partial charge is 0.228 e. The van der Waals surface area contributed by atoms with E-state index < -0.39 is 11.0 Å². The molecule has 0 aliphatic carbocycles. The van der Waals surface area contributed by atoms with Crippen molar-refractivity contribution >= 4 is 17.5 Å². The number of benzene rings is 1. The van der Waals surface area contributed by atoms with Crippen molar-refractivity contribution < 1.29 is 10.2 Å². The Hall–Kier alpha value is -3.48. The van der Waals surface area contributed by atoms with Crippen LogP contribution in [0.1, 0.15) is 44.0 Å². The van der Waals surface area contributed by atoms with Crippen LogP contribution in [-0.2, 0) is 12.0 Å². The summed E-state index contributed by atoms with van der Waals surface area (Å²) in [5.41, 5.74) is 3.24. The van der Waals surface area contributed by atoms with Gasteiger partial charge in [-0.2, -0.15) is 10.4 Å². The summed E-state index contributed by atoms with van der Waals surface area (Å²) >= 11 is 0. The number of nitrogens with zero attached hydrogens (tertiary/aromatic N) is 5. The van der Waals surface area contributed by atoms with Crippen LogP contribution < -0.4 is 10.6 Å². The Morgan fingerprint density at radius 3 is 2.82 bits per heavy atom. The van der Waals surface area contributed by atoms with Crippen molar-refractivity contribution in [1.82, 2.24) is 19.7 Å². The number of fused-ring (bicyclic) bond motifs is 1. The number of hydrogen-bond donors (Lipinski definition) is 4. The lowest BCUT2D eigenvalue weighted by atomic mass is 9.83. The zero-order valence-electron chi connectivity index (χ0n) is 19.3. The first-order chi connectivity index (χ1) is 15.6. The van der Waals surface area contributed by atoms with E-state index in [4.69, 9.17) is 0 Å². The minimum atomic E-state index is -0.794. The quantitative estimate of drug-likeness (QED) is 0.434. The van der Waals surface area contributed by atoms with Crippen LogP contribution in [0.3, 0.4) is 0 Å². The first kappa shape index (κ1) is 22.7. The van der Waals surface area contributed by atoms with Gasteiger partial charge in [0.1, 0.15) is 11.9 Å². The summed E-state index contributed by atoms with van der Waals surface area (Å²) < 4.78 is 1.80. The Kier molecular flexibility index (Phi) is 5.82. The third-order valence-electron chi connectivity index (χ3n) is 5.94. The van der Waals surface area contributed by atoms with Crippen molar-refractivity contribution in [3.63, 3.8) is 0 Å². The molecule has 3 heterocycles. The van der Waals surface area contributed by atoms with Gasteiger partial charge >= 0.3 is 0 Å². The third-order valence-corrected chi connectivity index (χ3v) is 5.94. The maximum Gasteiger partial charge on any atom is 0.228 e. The lowest BCUT2D eigenvalue weighted by Gasteiger charge is -2.21. The van der Waals surface area contributed by atoms with E-state index in [1.807, 2.05) is 26.0 Å². The van der Waals surface area contributed by atoms with E-state index in [9.17, 15) is 15.5 Å². The maximum atomic E-state index is 10.1. The Bertz CT molecular complexity index is 1220. The SMILES string of the molecule is Cc1cc(Nc2nccc(-c3cc(C#N)c4c(c3)C(C)(CO)CN4)n2)n(CCC(C)(C)O)n1. The van der Waals surface area contributed by atoms with E-state index in [1.54, 1.807) is 36.9 Å². The summed E-state index contributed by atoms with van der Waals surface area (Å²) in [6, 6.07) is 9.74. The van der Waals surface area contributed by atoms with Gasteiger partial charge in [0.15, 0.2) is 0 Å². The van der Waals surface area contributed by atoms with E-state index in [0.29, 0.717) is 36.7 Å². The number of anilines is 3. The molecule has 1 aromatic carbocycles. The highest BCUT2D eigenvalue weighted by Gasteiger charge is 2.36. The summed E-state index contributed by atoms with van der Waals surface area (Å²) in [6.07, 6.45) is 2.21. The fraction of sp³-hybridized carbons (Fsp3) is 0.417. The van der Waals surface area contributed by atoms with E-state index in [1.165, 1.54) is 0 Å². The largest absolute Gasteiger partial charge is 0.395 e. The van der Waals surface area contributed by atoms with Crippen molar-refractivity contribution in [2.45, 2.75) is 51.7 Å². The van der Waals surface area contributed by atoms with E-state index >= 15 is 0 Å². The van der Waals surface area contributed by atoms with Crippen LogP contribution in [0.4, 0.5) is 17.5 Å². The number of aryl methyl sites for hydroxylation is 2. The number of aromatic nitrogens is 4. The van der Waals surface area contributed by atoms with Crippen LogP contribution in [0.2, 0.25) is 0 Å². The molecular weight excluding hydrogens is 418 g/mol. The van der Waals surface area contributed by atoms with Crippen LogP contribution in [0.15, 0.2) is 30.5 Å². The summed E-state index contributed by atoms with van der Waals surface area (Å²) in [6.45, 7) is 8.51. The molecule has 0 saturated heterocycles. The number of aliphatic hydroxyl groups is 2. The van der Waals surface area contributed by atoms with Gasteiger partial charge in [0.25, 0.3) is 0 Å². The van der Waals surface area contributed by atoms with Gasteiger partial charge in [-0.15, -0.1) is 0 Å². The maximum absolute atomic E-state index is 10.1. The molecule has 1 aliphatic heterocycles. The van der Waals surface area contributed by atoms with Crippen molar-refractivity contribution in [3.8, 4) is 17.3 Å². The van der Waals surface area contributed by atoms with Gasteiger partial charge in [-0.3, -0.25) is 0 Å². The van der Waals surface area contributed by atoms with Crippen molar-refractivity contribution in [3.05, 3.63) is 47.3 Å². The van der Waals surface area contributed by atoms with Crippen molar-refractivity contribution in [2.24, 2.45) is 0 Å². The highest BCUT2D eigenvalue weighted by molar-refractivity contribution is 5.76. The second-order valence-electron chi connectivity index (χ2n) is 9.48. The minimum Gasteiger partial charge on any atom is -0.395 e. The molecule has 33 heavy (non-hydrogen) atoms. The third kappa shape index (κ3) is 4.67. The lowest BCUT2D eigenvalue weighted by Crippen LogP contribution is -2.28. The Morgan fingerprint density at radius 1 is 1.33 bits per heavy atom. The molecule has 0 bridgehead atoms. The standard InChI is InChI=1S/C24H29N7O2/c1-15-9-20(31(30-15)8-6-23(2,3)33)29-22-26-7-5-19(28-22)16-10-17(12-25)21-18(11-16)24(4,14-32)13-27-21/h5,7,9-11,27,32-33H,6,8,13-14H2,1-4H3,(H,26,28,29). The Labute approximate surface area is 193 Å². The molecular formula is C24H29N7O2. The van der Waals surface area contributed by atoms with E-state index in [-0.39, 0.29) is 6.61 Å². The normalized spacial score (nSPS) is 17.4. The van der Waals surface area contributed by atoms with Gasteiger partial charge in [-0.25, -0.2) is 14.6 Å². The van der Waals surface area contributed by atoms with Gasteiger partial charge in [0.2, 0.25) is 5.95 Å². The molecule has 9 heteroatoms. The molecule has 0 saturated carbocycles. The minimum absolute atomic E-state index is 0.0219. The number of nitrogens with one attached hydrogen (secondary N) is 2. The molecule has 0 spiro atoms. The molecule has 172 valence electrons. The van der Waals surface area contributed by atoms with Gasteiger partial charge in [0.05, 0.1) is 34.8 Å². The highest BCUT2D eigenvalue weighted by atomic mass is 16.3. The molecule has 4 rings (SSSR count). The van der Waals surface area contributed by atoms with Crippen molar-refractivity contribution in [1.29, 1.82) is 5.26 Å². The first-order valence-electron chi connectivity index (χ1n) is 10.9. The van der Waals surface area contributed by atoms with E-state index in [2.05, 4.69) is 31.8 Å². The second kappa shape index (κ2) is 8.46. The van der Waals surface area contributed by atoms with Crippen LogP contribution in [-0.4, -0.2) is 48.7 Å². The van der Waals surface area contributed by atoms with Gasteiger partial charge in [-0.1, -0.05) is 6.92 Å². The molecule has 1 aliphatic rings. The zero-order valence-corrected chi connectivity index (χ0v) is 19.3. The van der Waals surface area contributed by atoms with Crippen LogP contribution in [0.25, 0.3) is 11.3 Å². The average molecular weight is 448 g/mol. The first-order valence-corrected chi connectivity index (χ1v) is 10.9. The molecule has 9 nitrogen and oxygen atoms in total. The highest BCUT2D eigenvalue weighted by Crippen LogP contribution is 2.41. The molecule has 1 unspecified atom stereocenters. The van der Waals surface area contributed by atoms with Gasteiger partial charge in [0, 0.05) is 36.3 Å². The fourth-order valence-electron chi connectivity index (χ4n) is 3.95. The second-order valence-corrected chi connectivity index (χ2v) is 9.48. The van der Waals surface area contributed by atoms with Crippen LogP contribution >= 0.6 is 0 Å². The Balaban J connectivity index is 1.66. The monoisotopic (exact) mass is 447 g/mol. The lowest BCUT2D eigenvalue weighted by molar-refractivity contribution is 0.0653. The molecule has 2 aromatic heterocycles. The number of aliphatic hydroxyl groups excluding tert-OH is 1. The molecule has 4 N–H and O–H groups in total. The molecule has 0 radical (unpaired) electrons. The van der Waals surface area contributed by atoms with Gasteiger partial charge in [-0.05, 0) is 51.0 Å². The predicted octanol–water partition coefficient (Wildman–Crippen LogP) is 3.10. The topological polar surface area (TPSA) is 132 Å². The Morgan fingerprint density at radius 2 is 2.12 bits per heavy atom. The summed E-state index contributed by atoms with van der Waals surface area (Å²) in [4.78, 5) is 9.02. The summed E-state index contributed by atoms with van der Waals surface area (Å²) in [5, 5.41) is 40.7. The van der Waals surface area contributed by atoms with Crippen molar-refractivity contribution in [2.75, 3.05) is 23.8 Å². The summed E-state index contributed by atoms with van der Waals surface area (Å²) in [7, 11) is 0. The fourth-order valence-corrected chi connectivity index (χ4v) is 3.95.